The SMILES string of the molecule is CCCCCCCCCCNC(=O)CNCc1ccccc1. The van der Waals surface area contributed by atoms with Crippen molar-refractivity contribution in [3.8, 4) is 0 Å². The summed E-state index contributed by atoms with van der Waals surface area (Å²) in [6.07, 6.45) is 10.4. The molecule has 0 unspecified atom stereocenters. The first kappa shape index (κ1) is 18.7. The highest BCUT2D eigenvalue weighted by Crippen LogP contribution is 2.07. The molecule has 1 rings (SSSR count). The average Bonchev–Trinajstić information content (AvgIpc) is 2.54. The molecule has 0 fully saturated rings. The van der Waals surface area contributed by atoms with Crippen molar-refractivity contribution in [2.24, 2.45) is 0 Å². The van der Waals surface area contributed by atoms with Gasteiger partial charge >= 0.3 is 0 Å². The highest BCUT2D eigenvalue weighted by molar-refractivity contribution is 5.77. The number of benzene rings is 1. The number of unbranched alkanes of at least 4 members (excludes halogenated alkanes) is 7. The van der Waals surface area contributed by atoms with Crippen molar-refractivity contribution in [1.29, 1.82) is 0 Å². The van der Waals surface area contributed by atoms with Gasteiger partial charge in [0.15, 0.2) is 0 Å². The minimum Gasteiger partial charge on any atom is -0.355 e. The van der Waals surface area contributed by atoms with Gasteiger partial charge in [0.2, 0.25) is 5.91 Å². The maximum absolute atomic E-state index is 11.7. The van der Waals surface area contributed by atoms with Crippen molar-refractivity contribution in [1.82, 2.24) is 10.6 Å². The van der Waals surface area contributed by atoms with Crippen molar-refractivity contribution in [3.05, 3.63) is 35.9 Å². The quantitative estimate of drug-likeness (QED) is 0.540. The van der Waals surface area contributed by atoms with Crippen LogP contribution in [0.15, 0.2) is 30.3 Å². The lowest BCUT2D eigenvalue weighted by Gasteiger charge is -2.07. The molecule has 0 aromatic heterocycles. The predicted molar refractivity (Wildman–Crippen MR) is 93.8 cm³/mol. The van der Waals surface area contributed by atoms with E-state index in [0.717, 1.165) is 19.5 Å². The van der Waals surface area contributed by atoms with Gasteiger partial charge < -0.3 is 10.6 Å². The Labute approximate surface area is 135 Å². The third-order valence-electron chi connectivity index (χ3n) is 3.81. The fraction of sp³-hybridized carbons (Fsp3) is 0.632. The first-order chi connectivity index (χ1) is 10.8. The van der Waals surface area contributed by atoms with Gasteiger partial charge in [-0.05, 0) is 12.0 Å². The second-order valence-electron chi connectivity index (χ2n) is 5.91. The molecule has 124 valence electrons. The van der Waals surface area contributed by atoms with Crippen molar-refractivity contribution < 1.29 is 4.79 Å². The lowest BCUT2D eigenvalue weighted by molar-refractivity contribution is -0.120. The highest BCUT2D eigenvalue weighted by atomic mass is 16.1. The van der Waals surface area contributed by atoms with E-state index in [0.29, 0.717) is 6.54 Å². The molecular weight excluding hydrogens is 272 g/mol. The van der Waals surface area contributed by atoms with Crippen molar-refractivity contribution in [3.63, 3.8) is 0 Å². The minimum atomic E-state index is 0.0962. The largest absolute Gasteiger partial charge is 0.355 e. The molecule has 2 N–H and O–H groups in total. The number of carbonyl (C=O) groups excluding carboxylic acids is 1. The summed E-state index contributed by atoms with van der Waals surface area (Å²) in [4.78, 5) is 11.7. The van der Waals surface area contributed by atoms with Gasteiger partial charge in [0.1, 0.15) is 0 Å². The normalized spacial score (nSPS) is 10.6. The smallest absolute Gasteiger partial charge is 0.233 e. The van der Waals surface area contributed by atoms with Crippen LogP contribution in [-0.2, 0) is 11.3 Å². The third-order valence-corrected chi connectivity index (χ3v) is 3.81. The van der Waals surface area contributed by atoms with E-state index in [1.165, 1.54) is 50.5 Å². The standard InChI is InChI=1S/C19H32N2O/c1-2-3-4-5-6-7-8-12-15-21-19(22)17-20-16-18-13-10-9-11-14-18/h9-11,13-14,20H,2-8,12,15-17H2,1H3,(H,21,22). The number of carbonyl (C=O) groups is 1. The maximum atomic E-state index is 11.7. The molecule has 0 bridgehead atoms. The van der Waals surface area contributed by atoms with E-state index in [1.807, 2.05) is 18.2 Å². The van der Waals surface area contributed by atoms with E-state index >= 15 is 0 Å². The van der Waals surface area contributed by atoms with Gasteiger partial charge in [-0.25, -0.2) is 0 Å². The molecule has 0 saturated heterocycles. The van der Waals surface area contributed by atoms with Gasteiger partial charge in [-0.15, -0.1) is 0 Å². The lowest BCUT2D eigenvalue weighted by Crippen LogP contribution is -2.34. The van der Waals surface area contributed by atoms with Crippen LogP contribution < -0.4 is 10.6 Å². The summed E-state index contributed by atoms with van der Waals surface area (Å²) in [7, 11) is 0. The Balaban J connectivity index is 1.87. The zero-order chi connectivity index (χ0) is 15.9. The van der Waals surface area contributed by atoms with E-state index < -0.39 is 0 Å². The molecule has 0 saturated carbocycles. The summed E-state index contributed by atoms with van der Waals surface area (Å²) in [5, 5.41) is 6.15. The fourth-order valence-corrected chi connectivity index (χ4v) is 2.47. The van der Waals surface area contributed by atoms with Crippen molar-refractivity contribution in [2.45, 2.75) is 64.8 Å². The molecule has 0 atom stereocenters. The predicted octanol–water partition coefficient (Wildman–Crippen LogP) is 4.03. The Hall–Kier alpha value is -1.35. The van der Waals surface area contributed by atoms with Crippen molar-refractivity contribution in [2.75, 3.05) is 13.1 Å². The minimum absolute atomic E-state index is 0.0962. The maximum Gasteiger partial charge on any atom is 0.233 e. The van der Waals surface area contributed by atoms with Crippen LogP contribution in [0.2, 0.25) is 0 Å². The molecule has 0 heterocycles. The Morgan fingerprint density at radius 2 is 1.55 bits per heavy atom. The molecule has 0 radical (unpaired) electrons. The van der Waals surface area contributed by atoms with E-state index in [1.54, 1.807) is 0 Å². The van der Waals surface area contributed by atoms with Crippen LogP contribution in [0.3, 0.4) is 0 Å². The van der Waals surface area contributed by atoms with Gasteiger partial charge in [-0.3, -0.25) is 4.79 Å². The van der Waals surface area contributed by atoms with Crippen LogP contribution in [0.4, 0.5) is 0 Å². The molecule has 0 spiro atoms. The highest BCUT2D eigenvalue weighted by Gasteiger charge is 2.00. The molecular formula is C19H32N2O. The average molecular weight is 304 g/mol. The number of hydrogen-bond donors (Lipinski definition) is 2. The summed E-state index contributed by atoms with van der Waals surface area (Å²) >= 11 is 0. The monoisotopic (exact) mass is 304 g/mol. The Kier molecular flexibility index (Phi) is 11.3. The molecule has 1 amide bonds. The summed E-state index contributed by atoms with van der Waals surface area (Å²) in [6, 6.07) is 10.1. The Bertz CT molecular complexity index is 378. The number of hydrogen-bond acceptors (Lipinski definition) is 2. The van der Waals surface area contributed by atoms with Crippen LogP contribution >= 0.6 is 0 Å². The Morgan fingerprint density at radius 1 is 0.909 bits per heavy atom. The Morgan fingerprint density at radius 3 is 2.23 bits per heavy atom. The summed E-state index contributed by atoms with van der Waals surface area (Å²) < 4.78 is 0. The molecule has 0 aliphatic heterocycles. The summed E-state index contributed by atoms with van der Waals surface area (Å²) in [5.41, 5.74) is 1.21. The van der Waals surface area contributed by atoms with Crippen molar-refractivity contribution >= 4 is 5.91 Å². The zero-order valence-corrected chi connectivity index (χ0v) is 14.1. The van der Waals surface area contributed by atoms with Crippen LogP contribution in [0, 0.1) is 0 Å². The molecule has 3 heteroatoms. The zero-order valence-electron chi connectivity index (χ0n) is 14.1. The number of nitrogens with one attached hydrogen (secondary N) is 2. The topological polar surface area (TPSA) is 41.1 Å². The third kappa shape index (κ3) is 10.4. The molecule has 22 heavy (non-hydrogen) atoms. The van der Waals surface area contributed by atoms with Crippen LogP contribution in [0.1, 0.15) is 63.9 Å². The van der Waals surface area contributed by atoms with Crippen LogP contribution in [-0.4, -0.2) is 19.0 Å². The van der Waals surface area contributed by atoms with Gasteiger partial charge in [0.25, 0.3) is 0 Å². The first-order valence-electron chi connectivity index (χ1n) is 8.84. The second-order valence-corrected chi connectivity index (χ2v) is 5.91. The van der Waals surface area contributed by atoms with Gasteiger partial charge in [0, 0.05) is 13.1 Å². The first-order valence-corrected chi connectivity index (χ1v) is 8.84. The number of amides is 1. The van der Waals surface area contributed by atoms with Crippen LogP contribution in [0.5, 0.6) is 0 Å². The molecule has 1 aromatic carbocycles. The lowest BCUT2D eigenvalue weighted by atomic mass is 10.1. The molecule has 0 aliphatic rings. The van der Waals surface area contributed by atoms with E-state index in [-0.39, 0.29) is 5.91 Å². The van der Waals surface area contributed by atoms with Gasteiger partial charge in [-0.2, -0.15) is 0 Å². The number of rotatable bonds is 13. The molecule has 0 aliphatic carbocycles. The summed E-state index contributed by atoms with van der Waals surface area (Å²) in [6.45, 7) is 4.19. The summed E-state index contributed by atoms with van der Waals surface area (Å²) in [5.74, 6) is 0.0962. The van der Waals surface area contributed by atoms with Gasteiger partial charge in [0.05, 0.1) is 6.54 Å². The fourth-order valence-electron chi connectivity index (χ4n) is 2.47. The second kappa shape index (κ2) is 13.3. The molecule has 3 nitrogen and oxygen atoms in total. The molecule has 1 aromatic rings. The van der Waals surface area contributed by atoms with E-state index in [2.05, 4.69) is 29.7 Å². The van der Waals surface area contributed by atoms with Gasteiger partial charge in [-0.1, -0.05) is 82.2 Å². The van der Waals surface area contributed by atoms with E-state index in [4.69, 9.17) is 0 Å². The van der Waals surface area contributed by atoms with Crippen LogP contribution in [0.25, 0.3) is 0 Å². The van der Waals surface area contributed by atoms with E-state index in [9.17, 15) is 4.79 Å².